The largest absolute Gasteiger partial charge is 0.486 e. The third-order valence-corrected chi connectivity index (χ3v) is 4.34. The van der Waals surface area contributed by atoms with Gasteiger partial charge < -0.3 is 19.7 Å². The number of amides is 2. The smallest absolute Gasteiger partial charge is 0.311 e. The van der Waals surface area contributed by atoms with Crippen molar-refractivity contribution in [3.05, 3.63) is 54.4 Å². The Kier molecular flexibility index (Phi) is 6.25. The van der Waals surface area contributed by atoms with E-state index in [9.17, 15) is 9.59 Å². The van der Waals surface area contributed by atoms with Crippen molar-refractivity contribution in [3.63, 3.8) is 0 Å². The van der Waals surface area contributed by atoms with Crippen LogP contribution in [0.25, 0.3) is 0 Å². The van der Waals surface area contributed by atoms with Crippen LogP contribution < -0.4 is 14.8 Å². The fourth-order valence-corrected chi connectivity index (χ4v) is 2.81. The molecule has 0 aliphatic carbocycles. The van der Waals surface area contributed by atoms with Crippen LogP contribution in [0.15, 0.2) is 48.8 Å². The molecule has 7 nitrogen and oxygen atoms in total. The number of likely N-dealkylation sites (N-methyl/N-ethyl adjacent to an activating group) is 1. The standard InChI is InChI=1S/C20H23N3O4/c1-2-23(12-9-15-7-10-21-11-8-15)20(25)19(24)22-13-16-14-26-17-5-3-4-6-18(17)27-16/h3-8,10-11,16H,2,9,12-14H2,1H3,(H,22,24). The molecule has 27 heavy (non-hydrogen) atoms. The zero-order valence-electron chi connectivity index (χ0n) is 15.3. The van der Waals surface area contributed by atoms with Gasteiger partial charge in [0, 0.05) is 25.5 Å². The lowest BCUT2D eigenvalue weighted by Gasteiger charge is -2.27. The first kappa shape index (κ1) is 18.7. The minimum Gasteiger partial charge on any atom is -0.486 e. The summed E-state index contributed by atoms with van der Waals surface area (Å²) in [6.45, 7) is 3.33. The zero-order valence-corrected chi connectivity index (χ0v) is 15.3. The van der Waals surface area contributed by atoms with Crippen molar-refractivity contribution in [2.45, 2.75) is 19.4 Å². The third-order valence-electron chi connectivity index (χ3n) is 4.34. The molecule has 2 aromatic rings. The maximum Gasteiger partial charge on any atom is 0.311 e. The Labute approximate surface area is 158 Å². The highest BCUT2D eigenvalue weighted by molar-refractivity contribution is 6.35. The van der Waals surface area contributed by atoms with Crippen LogP contribution in [-0.4, -0.2) is 54.0 Å². The molecule has 0 saturated carbocycles. The SMILES string of the molecule is CCN(CCc1ccncc1)C(=O)C(=O)NCC1COc2ccccc2O1. The quantitative estimate of drug-likeness (QED) is 0.779. The van der Waals surface area contributed by atoms with E-state index in [0.29, 0.717) is 37.6 Å². The molecule has 1 aromatic carbocycles. The summed E-state index contributed by atoms with van der Waals surface area (Å²) >= 11 is 0. The normalized spacial score (nSPS) is 15.1. The van der Waals surface area contributed by atoms with Gasteiger partial charge in [0.05, 0.1) is 6.54 Å². The Morgan fingerprint density at radius 2 is 1.93 bits per heavy atom. The lowest BCUT2D eigenvalue weighted by molar-refractivity contribution is -0.145. The van der Waals surface area contributed by atoms with Gasteiger partial charge in [0.1, 0.15) is 12.7 Å². The van der Waals surface area contributed by atoms with Crippen LogP contribution in [0.3, 0.4) is 0 Å². The van der Waals surface area contributed by atoms with Crippen molar-refractivity contribution < 1.29 is 19.1 Å². The fourth-order valence-electron chi connectivity index (χ4n) is 2.81. The number of carbonyl (C=O) groups excluding carboxylic acids is 2. The maximum atomic E-state index is 12.4. The Balaban J connectivity index is 1.47. The van der Waals surface area contributed by atoms with Crippen LogP contribution in [-0.2, 0) is 16.0 Å². The molecule has 0 fully saturated rings. The minimum absolute atomic E-state index is 0.209. The van der Waals surface area contributed by atoms with Crippen LogP contribution >= 0.6 is 0 Å². The lowest BCUT2D eigenvalue weighted by atomic mass is 10.2. The Morgan fingerprint density at radius 3 is 2.67 bits per heavy atom. The summed E-state index contributed by atoms with van der Waals surface area (Å²) in [6.07, 6.45) is 3.77. The van der Waals surface area contributed by atoms with E-state index in [-0.39, 0.29) is 12.6 Å². The predicted molar refractivity (Wildman–Crippen MR) is 99.6 cm³/mol. The first-order chi connectivity index (χ1) is 13.2. The van der Waals surface area contributed by atoms with Crippen molar-refractivity contribution >= 4 is 11.8 Å². The molecule has 1 aromatic heterocycles. The number of carbonyl (C=O) groups is 2. The number of hydrogen-bond donors (Lipinski definition) is 1. The summed E-state index contributed by atoms with van der Waals surface area (Å²) in [5, 5.41) is 2.65. The van der Waals surface area contributed by atoms with Crippen molar-refractivity contribution in [1.29, 1.82) is 0 Å². The molecule has 0 saturated heterocycles. The summed E-state index contributed by atoms with van der Waals surface area (Å²) in [6, 6.07) is 11.2. The number of fused-ring (bicyclic) bond motifs is 1. The molecule has 1 atom stereocenters. The molecule has 3 rings (SSSR count). The van der Waals surface area contributed by atoms with Gasteiger partial charge in [-0.05, 0) is 43.2 Å². The summed E-state index contributed by atoms with van der Waals surface area (Å²) in [4.78, 5) is 30.1. The van der Waals surface area contributed by atoms with E-state index in [2.05, 4.69) is 10.3 Å². The second-order valence-corrected chi connectivity index (χ2v) is 6.20. The van der Waals surface area contributed by atoms with Gasteiger partial charge in [0.15, 0.2) is 11.5 Å². The van der Waals surface area contributed by atoms with E-state index in [0.717, 1.165) is 5.56 Å². The first-order valence-corrected chi connectivity index (χ1v) is 9.02. The van der Waals surface area contributed by atoms with Crippen molar-refractivity contribution in [1.82, 2.24) is 15.2 Å². The van der Waals surface area contributed by atoms with Crippen molar-refractivity contribution in [2.24, 2.45) is 0 Å². The number of nitrogens with zero attached hydrogens (tertiary/aromatic N) is 2. The van der Waals surface area contributed by atoms with E-state index >= 15 is 0 Å². The summed E-state index contributed by atoms with van der Waals surface area (Å²) in [5.74, 6) is 0.156. The van der Waals surface area contributed by atoms with E-state index in [4.69, 9.17) is 9.47 Å². The molecular weight excluding hydrogens is 346 g/mol. The molecule has 1 aliphatic rings. The minimum atomic E-state index is -0.631. The van der Waals surface area contributed by atoms with Crippen LogP contribution in [0.2, 0.25) is 0 Å². The lowest BCUT2D eigenvalue weighted by Crippen LogP contribution is -2.47. The molecule has 0 spiro atoms. The highest BCUT2D eigenvalue weighted by Crippen LogP contribution is 2.30. The monoisotopic (exact) mass is 369 g/mol. The Morgan fingerprint density at radius 1 is 1.19 bits per heavy atom. The molecule has 2 heterocycles. The second kappa shape index (κ2) is 9.02. The Bertz CT molecular complexity index is 782. The van der Waals surface area contributed by atoms with Gasteiger partial charge in [-0.15, -0.1) is 0 Å². The van der Waals surface area contributed by atoms with Gasteiger partial charge in [-0.3, -0.25) is 14.6 Å². The molecule has 1 aliphatic heterocycles. The summed E-state index contributed by atoms with van der Waals surface area (Å²) in [5.41, 5.74) is 1.07. The molecule has 7 heteroatoms. The van der Waals surface area contributed by atoms with Crippen LogP contribution in [0, 0.1) is 0 Å². The number of ether oxygens (including phenoxy) is 2. The molecule has 2 amide bonds. The average molecular weight is 369 g/mol. The van der Waals surface area contributed by atoms with E-state index in [1.807, 2.05) is 43.3 Å². The molecule has 0 radical (unpaired) electrons. The first-order valence-electron chi connectivity index (χ1n) is 9.02. The average Bonchev–Trinajstić information content (AvgIpc) is 2.72. The number of nitrogens with one attached hydrogen (secondary N) is 1. The molecule has 142 valence electrons. The van der Waals surface area contributed by atoms with Crippen LogP contribution in [0.1, 0.15) is 12.5 Å². The van der Waals surface area contributed by atoms with Crippen molar-refractivity contribution in [2.75, 3.05) is 26.2 Å². The number of aromatic nitrogens is 1. The molecule has 1 N–H and O–H groups in total. The maximum absolute atomic E-state index is 12.4. The number of rotatable bonds is 6. The van der Waals surface area contributed by atoms with Gasteiger partial charge in [-0.1, -0.05) is 12.1 Å². The number of hydrogen-bond acceptors (Lipinski definition) is 5. The van der Waals surface area contributed by atoms with E-state index < -0.39 is 11.8 Å². The summed E-state index contributed by atoms with van der Waals surface area (Å²) in [7, 11) is 0. The van der Waals surface area contributed by atoms with Gasteiger partial charge in [0.25, 0.3) is 0 Å². The predicted octanol–water partition coefficient (Wildman–Crippen LogP) is 1.43. The van der Waals surface area contributed by atoms with Crippen LogP contribution in [0.4, 0.5) is 0 Å². The topological polar surface area (TPSA) is 80.8 Å². The van der Waals surface area contributed by atoms with Crippen molar-refractivity contribution in [3.8, 4) is 11.5 Å². The second-order valence-electron chi connectivity index (χ2n) is 6.20. The van der Waals surface area contributed by atoms with Gasteiger partial charge in [0.2, 0.25) is 0 Å². The molecule has 0 bridgehead atoms. The number of pyridine rings is 1. The van der Waals surface area contributed by atoms with Gasteiger partial charge in [-0.2, -0.15) is 0 Å². The highest BCUT2D eigenvalue weighted by atomic mass is 16.6. The van der Waals surface area contributed by atoms with Gasteiger partial charge in [-0.25, -0.2) is 0 Å². The molecule has 1 unspecified atom stereocenters. The highest BCUT2D eigenvalue weighted by Gasteiger charge is 2.24. The fraction of sp³-hybridized carbons (Fsp3) is 0.350. The van der Waals surface area contributed by atoms with Gasteiger partial charge >= 0.3 is 11.8 Å². The Hall–Kier alpha value is -3.09. The van der Waals surface area contributed by atoms with E-state index in [1.165, 1.54) is 4.90 Å². The number of para-hydroxylation sites is 2. The molecular formula is C20H23N3O4. The van der Waals surface area contributed by atoms with E-state index in [1.54, 1.807) is 12.4 Å². The summed E-state index contributed by atoms with van der Waals surface area (Å²) < 4.78 is 11.4. The third kappa shape index (κ3) is 4.97. The zero-order chi connectivity index (χ0) is 19.1. The number of benzene rings is 1. The van der Waals surface area contributed by atoms with Crippen LogP contribution in [0.5, 0.6) is 11.5 Å².